The van der Waals surface area contributed by atoms with Crippen LogP contribution in [0.5, 0.6) is 0 Å². The zero-order chi connectivity index (χ0) is 20.9. The third-order valence-corrected chi connectivity index (χ3v) is 7.35. The minimum absolute atomic E-state index is 0.0763. The lowest BCUT2D eigenvalue weighted by molar-refractivity contribution is -0.130. The molecule has 0 aliphatic carbocycles. The van der Waals surface area contributed by atoms with Crippen LogP contribution in [0.25, 0.3) is 0 Å². The fourth-order valence-corrected chi connectivity index (χ4v) is 5.27. The molecule has 0 saturated carbocycles. The number of carbonyl (C=O) groups is 1. The predicted octanol–water partition coefficient (Wildman–Crippen LogP) is 3.23. The van der Waals surface area contributed by atoms with Crippen molar-refractivity contribution in [3.63, 3.8) is 0 Å². The van der Waals surface area contributed by atoms with Crippen LogP contribution in [-0.2, 0) is 21.4 Å². The largest absolute Gasteiger partial charge is 0.341 e. The van der Waals surface area contributed by atoms with Crippen LogP contribution in [0.1, 0.15) is 36.8 Å². The standard InChI is InChI=1S/C22H29N3O3S/c1-18-7-10-21(11-8-18)29(27,28)25-14-4-6-19(17-25)9-12-22(26)24(2)16-20-5-3-13-23-15-20/h3,5,7-8,10-11,13,15,19H,4,6,9,12,14,16-17H2,1-2H3. The summed E-state index contributed by atoms with van der Waals surface area (Å²) in [6, 6.07) is 10.8. The number of hydrogen-bond acceptors (Lipinski definition) is 4. The Bertz CT molecular complexity index is 914. The van der Waals surface area contributed by atoms with Crippen molar-refractivity contribution in [3.8, 4) is 0 Å². The molecule has 0 N–H and O–H groups in total. The number of pyridine rings is 1. The van der Waals surface area contributed by atoms with Gasteiger partial charge >= 0.3 is 0 Å². The number of nitrogens with zero attached hydrogens (tertiary/aromatic N) is 3. The van der Waals surface area contributed by atoms with E-state index >= 15 is 0 Å². The topological polar surface area (TPSA) is 70.6 Å². The first-order valence-electron chi connectivity index (χ1n) is 10.1. The molecule has 7 heteroatoms. The maximum atomic E-state index is 12.9. The third-order valence-electron chi connectivity index (χ3n) is 5.48. The quantitative estimate of drug-likeness (QED) is 0.696. The van der Waals surface area contributed by atoms with Crippen molar-refractivity contribution in [3.05, 3.63) is 59.9 Å². The molecule has 0 spiro atoms. The van der Waals surface area contributed by atoms with Crippen molar-refractivity contribution in [2.75, 3.05) is 20.1 Å². The lowest BCUT2D eigenvalue weighted by Crippen LogP contribution is -2.40. The first-order chi connectivity index (χ1) is 13.9. The van der Waals surface area contributed by atoms with Crippen molar-refractivity contribution in [2.24, 2.45) is 5.92 Å². The molecule has 1 saturated heterocycles. The van der Waals surface area contributed by atoms with Gasteiger partial charge in [-0.2, -0.15) is 4.31 Å². The number of hydrogen-bond donors (Lipinski definition) is 0. The second-order valence-electron chi connectivity index (χ2n) is 7.83. The van der Waals surface area contributed by atoms with Crippen LogP contribution in [0.15, 0.2) is 53.7 Å². The van der Waals surface area contributed by atoms with Crippen molar-refractivity contribution < 1.29 is 13.2 Å². The molecule has 1 unspecified atom stereocenters. The van der Waals surface area contributed by atoms with Crippen molar-refractivity contribution in [1.29, 1.82) is 0 Å². The van der Waals surface area contributed by atoms with Gasteiger partial charge in [0.2, 0.25) is 15.9 Å². The molecular weight excluding hydrogens is 386 g/mol. The Morgan fingerprint density at radius 3 is 2.69 bits per heavy atom. The molecule has 3 rings (SSSR count). The average Bonchev–Trinajstić information content (AvgIpc) is 2.73. The summed E-state index contributed by atoms with van der Waals surface area (Å²) in [5, 5.41) is 0. The fourth-order valence-electron chi connectivity index (χ4n) is 3.71. The van der Waals surface area contributed by atoms with Gasteiger partial charge in [-0.25, -0.2) is 8.42 Å². The van der Waals surface area contributed by atoms with E-state index in [1.165, 1.54) is 0 Å². The summed E-state index contributed by atoms with van der Waals surface area (Å²) in [5.74, 6) is 0.284. The highest BCUT2D eigenvalue weighted by Gasteiger charge is 2.30. The molecule has 1 atom stereocenters. The van der Waals surface area contributed by atoms with Gasteiger partial charge in [0, 0.05) is 45.5 Å². The van der Waals surface area contributed by atoms with E-state index < -0.39 is 10.0 Å². The third kappa shape index (κ3) is 5.64. The number of carbonyl (C=O) groups excluding carboxylic acids is 1. The molecule has 1 fully saturated rings. The molecule has 0 radical (unpaired) electrons. The van der Waals surface area contributed by atoms with Gasteiger partial charge in [-0.3, -0.25) is 9.78 Å². The number of aromatic nitrogens is 1. The minimum Gasteiger partial charge on any atom is -0.341 e. The Balaban J connectivity index is 1.54. The highest BCUT2D eigenvalue weighted by atomic mass is 32.2. The molecule has 1 aliphatic rings. The molecule has 1 aromatic carbocycles. The van der Waals surface area contributed by atoms with Crippen molar-refractivity contribution in [2.45, 2.75) is 44.0 Å². The molecule has 2 aromatic rings. The molecule has 29 heavy (non-hydrogen) atoms. The molecule has 2 heterocycles. The number of piperidine rings is 1. The van der Waals surface area contributed by atoms with Gasteiger partial charge in [-0.05, 0) is 55.9 Å². The number of sulfonamides is 1. The monoisotopic (exact) mass is 415 g/mol. The van der Waals surface area contributed by atoms with Crippen LogP contribution in [0, 0.1) is 12.8 Å². The van der Waals surface area contributed by atoms with Crippen LogP contribution < -0.4 is 0 Å². The van der Waals surface area contributed by atoms with E-state index in [-0.39, 0.29) is 11.8 Å². The van der Waals surface area contributed by atoms with E-state index in [1.807, 2.05) is 31.2 Å². The Morgan fingerprint density at radius 1 is 1.24 bits per heavy atom. The summed E-state index contributed by atoms with van der Waals surface area (Å²) in [5.41, 5.74) is 2.03. The van der Waals surface area contributed by atoms with Crippen LogP contribution in [0.2, 0.25) is 0 Å². The van der Waals surface area contributed by atoms with Gasteiger partial charge in [-0.1, -0.05) is 23.8 Å². The molecule has 1 aromatic heterocycles. The van der Waals surface area contributed by atoms with Gasteiger partial charge in [0.05, 0.1) is 4.90 Å². The Kier molecular flexibility index (Phi) is 7.03. The van der Waals surface area contributed by atoms with E-state index in [0.717, 1.165) is 24.0 Å². The van der Waals surface area contributed by atoms with Crippen molar-refractivity contribution >= 4 is 15.9 Å². The van der Waals surface area contributed by atoms with Crippen LogP contribution >= 0.6 is 0 Å². The van der Waals surface area contributed by atoms with E-state index in [9.17, 15) is 13.2 Å². The van der Waals surface area contributed by atoms with Gasteiger partial charge < -0.3 is 4.90 Å². The average molecular weight is 416 g/mol. The lowest BCUT2D eigenvalue weighted by Gasteiger charge is -2.32. The molecule has 1 amide bonds. The molecule has 1 aliphatic heterocycles. The summed E-state index contributed by atoms with van der Waals surface area (Å²) < 4.78 is 27.5. The first-order valence-corrected chi connectivity index (χ1v) is 11.5. The minimum atomic E-state index is -3.48. The highest BCUT2D eigenvalue weighted by Crippen LogP contribution is 2.26. The maximum Gasteiger partial charge on any atom is 0.243 e. The van der Waals surface area contributed by atoms with Gasteiger partial charge in [0.25, 0.3) is 0 Å². The number of amides is 1. The van der Waals surface area contributed by atoms with E-state index in [0.29, 0.717) is 37.4 Å². The Hall–Kier alpha value is -2.25. The predicted molar refractivity (Wildman–Crippen MR) is 113 cm³/mol. The lowest BCUT2D eigenvalue weighted by atomic mass is 9.94. The van der Waals surface area contributed by atoms with Crippen LogP contribution in [0.4, 0.5) is 0 Å². The van der Waals surface area contributed by atoms with Gasteiger partial charge in [-0.15, -0.1) is 0 Å². The van der Waals surface area contributed by atoms with Gasteiger partial charge in [0.1, 0.15) is 0 Å². The number of rotatable bonds is 7. The fraction of sp³-hybridized carbons (Fsp3) is 0.455. The normalized spacial score (nSPS) is 17.8. The van der Waals surface area contributed by atoms with E-state index in [4.69, 9.17) is 0 Å². The molecule has 6 nitrogen and oxygen atoms in total. The Morgan fingerprint density at radius 2 is 2.00 bits per heavy atom. The smallest absolute Gasteiger partial charge is 0.243 e. The van der Waals surface area contributed by atoms with Crippen molar-refractivity contribution in [1.82, 2.24) is 14.2 Å². The zero-order valence-corrected chi connectivity index (χ0v) is 17.9. The number of aryl methyl sites for hydroxylation is 1. The highest BCUT2D eigenvalue weighted by molar-refractivity contribution is 7.89. The van der Waals surface area contributed by atoms with Gasteiger partial charge in [0.15, 0.2) is 0 Å². The second kappa shape index (κ2) is 9.50. The first kappa shape index (κ1) is 21.5. The zero-order valence-electron chi connectivity index (χ0n) is 17.1. The van der Waals surface area contributed by atoms with Crippen LogP contribution in [-0.4, -0.2) is 48.7 Å². The summed E-state index contributed by atoms with van der Waals surface area (Å²) >= 11 is 0. The molecular formula is C22H29N3O3S. The maximum absolute atomic E-state index is 12.9. The summed E-state index contributed by atoms with van der Waals surface area (Å²) in [4.78, 5) is 18.6. The summed E-state index contributed by atoms with van der Waals surface area (Å²) in [6.07, 6.45) is 6.40. The number of benzene rings is 1. The SMILES string of the molecule is Cc1ccc(S(=O)(=O)N2CCCC(CCC(=O)N(C)Cc3cccnc3)C2)cc1. The molecule has 0 bridgehead atoms. The van der Waals surface area contributed by atoms with Crippen LogP contribution in [0.3, 0.4) is 0 Å². The summed E-state index contributed by atoms with van der Waals surface area (Å²) in [6.45, 7) is 3.50. The Labute approximate surface area is 173 Å². The second-order valence-corrected chi connectivity index (χ2v) is 9.77. The summed E-state index contributed by atoms with van der Waals surface area (Å²) in [7, 11) is -1.68. The van der Waals surface area contributed by atoms with E-state index in [1.54, 1.807) is 40.8 Å². The van der Waals surface area contributed by atoms with E-state index in [2.05, 4.69) is 4.98 Å². The molecule has 156 valence electrons.